The Balaban J connectivity index is 1.99. The average molecular weight is 264 g/mol. The summed E-state index contributed by atoms with van der Waals surface area (Å²) in [4.78, 5) is 13.4. The summed E-state index contributed by atoms with van der Waals surface area (Å²) in [5, 5.41) is 3.28. The molecular weight excluding hydrogens is 240 g/mol. The number of hydrogen-bond donors (Lipinski definition) is 2. The number of anilines is 2. The molecule has 1 saturated heterocycles. The van der Waals surface area contributed by atoms with E-state index in [1.54, 1.807) is 6.33 Å². The minimum atomic E-state index is 0.222. The fraction of sp³-hybridized carbons (Fsp3) is 0.692. The Morgan fingerprint density at radius 2 is 2.05 bits per heavy atom. The minimum Gasteiger partial charge on any atom is -0.366 e. The van der Waals surface area contributed by atoms with Gasteiger partial charge < -0.3 is 20.9 Å². The Bertz CT molecular complexity index is 388. The van der Waals surface area contributed by atoms with Gasteiger partial charge >= 0.3 is 0 Å². The zero-order valence-electron chi connectivity index (χ0n) is 11.8. The summed E-state index contributed by atoms with van der Waals surface area (Å²) in [5.41, 5.74) is 5.61. The molecule has 1 aromatic heterocycles. The molecule has 19 heavy (non-hydrogen) atoms. The van der Waals surface area contributed by atoms with Gasteiger partial charge in [0.25, 0.3) is 0 Å². The predicted molar refractivity (Wildman–Crippen MR) is 78.5 cm³/mol. The monoisotopic (exact) mass is 264 g/mol. The molecule has 106 valence electrons. The van der Waals surface area contributed by atoms with Crippen LogP contribution in [0.4, 0.5) is 11.6 Å². The van der Waals surface area contributed by atoms with E-state index in [4.69, 9.17) is 5.73 Å². The molecule has 1 unspecified atom stereocenters. The Morgan fingerprint density at radius 1 is 1.32 bits per heavy atom. The van der Waals surface area contributed by atoms with Crippen molar-refractivity contribution in [2.45, 2.75) is 19.9 Å². The lowest BCUT2D eigenvalue weighted by atomic mass is 10.3. The highest BCUT2D eigenvalue weighted by Crippen LogP contribution is 2.16. The van der Waals surface area contributed by atoms with E-state index in [1.807, 2.05) is 13.0 Å². The topological polar surface area (TPSA) is 70.3 Å². The second kappa shape index (κ2) is 6.68. The predicted octanol–water partition coefficient (Wildman–Crippen LogP) is 0.378. The molecular formula is C13H24N6. The summed E-state index contributed by atoms with van der Waals surface area (Å²) in [6, 6.07) is 2.23. The summed E-state index contributed by atoms with van der Waals surface area (Å²) >= 11 is 0. The first-order valence-corrected chi connectivity index (χ1v) is 6.99. The lowest BCUT2D eigenvalue weighted by molar-refractivity contribution is 0.270. The lowest BCUT2D eigenvalue weighted by Crippen LogP contribution is -2.46. The van der Waals surface area contributed by atoms with Crippen LogP contribution in [-0.2, 0) is 0 Å². The number of hydrogen-bond acceptors (Lipinski definition) is 6. The molecule has 0 saturated carbocycles. The van der Waals surface area contributed by atoms with Crippen LogP contribution in [0.25, 0.3) is 0 Å². The van der Waals surface area contributed by atoms with Crippen LogP contribution in [-0.4, -0.2) is 60.2 Å². The molecule has 0 radical (unpaired) electrons. The van der Waals surface area contributed by atoms with Crippen molar-refractivity contribution in [2.24, 2.45) is 5.73 Å². The van der Waals surface area contributed by atoms with Gasteiger partial charge in [-0.1, -0.05) is 6.92 Å². The fourth-order valence-electron chi connectivity index (χ4n) is 2.20. The smallest absolute Gasteiger partial charge is 0.134 e. The van der Waals surface area contributed by atoms with Crippen molar-refractivity contribution >= 4 is 11.6 Å². The van der Waals surface area contributed by atoms with E-state index in [2.05, 4.69) is 32.0 Å². The van der Waals surface area contributed by atoms with Crippen molar-refractivity contribution in [3.8, 4) is 0 Å². The van der Waals surface area contributed by atoms with Gasteiger partial charge in [0.05, 0.1) is 0 Å². The van der Waals surface area contributed by atoms with Crippen LogP contribution in [0.15, 0.2) is 12.4 Å². The third-order valence-electron chi connectivity index (χ3n) is 3.54. The summed E-state index contributed by atoms with van der Waals surface area (Å²) in [5.74, 6) is 1.85. The molecule has 0 aliphatic carbocycles. The van der Waals surface area contributed by atoms with Gasteiger partial charge in [0.15, 0.2) is 0 Å². The lowest BCUT2D eigenvalue weighted by Gasteiger charge is -2.34. The molecule has 0 aromatic carbocycles. The number of nitrogens with one attached hydrogen (secondary N) is 1. The van der Waals surface area contributed by atoms with Crippen molar-refractivity contribution in [1.29, 1.82) is 0 Å². The number of nitrogens with zero attached hydrogens (tertiary/aromatic N) is 4. The maximum atomic E-state index is 5.61. The van der Waals surface area contributed by atoms with Crippen molar-refractivity contribution in [1.82, 2.24) is 14.9 Å². The summed E-state index contributed by atoms with van der Waals surface area (Å²) in [6.07, 6.45) is 1.62. The highest BCUT2D eigenvalue weighted by molar-refractivity contribution is 5.49. The Labute approximate surface area is 115 Å². The molecule has 1 atom stereocenters. The first-order valence-electron chi connectivity index (χ1n) is 6.99. The van der Waals surface area contributed by atoms with Gasteiger partial charge in [-0.15, -0.1) is 0 Å². The van der Waals surface area contributed by atoms with Gasteiger partial charge in [0.2, 0.25) is 0 Å². The van der Waals surface area contributed by atoms with E-state index in [0.29, 0.717) is 6.54 Å². The largest absolute Gasteiger partial charge is 0.366 e. The molecule has 1 aromatic rings. The minimum absolute atomic E-state index is 0.222. The third-order valence-corrected chi connectivity index (χ3v) is 3.54. The van der Waals surface area contributed by atoms with E-state index < -0.39 is 0 Å². The molecule has 1 fully saturated rings. The third kappa shape index (κ3) is 3.78. The Hall–Kier alpha value is -1.40. The van der Waals surface area contributed by atoms with E-state index in [0.717, 1.165) is 44.4 Å². The van der Waals surface area contributed by atoms with E-state index in [1.165, 1.54) is 0 Å². The van der Waals surface area contributed by atoms with Crippen molar-refractivity contribution in [3.63, 3.8) is 0 Å². The van der Waals surface area contributed by atoms with E-state index in [-0.39, 0.29) is 6.04 Å². The SMILES string of the molecule is CCN1CCN(c2cc(NC(C)CN)ncn2)CC1. The highest BCUT2D eigenvalue weighted by Gasteiger charge is 2.17. The average Bonchev–Trinajstić information content (AvgIpc) is 2.47. The van der Waals surface area contributed by atoms with Crippen LogP contribution in [0.2, 0.25) is 0 Å². The molecule has 0 amide bonds. The van der Waals surface area contributed by atoms with E-state index >= 15 is 0 Å². The maximum Gasteiger partial charge on any atom is 0.134 e. The van der Waals surface area contributed by atoms with Crippen molar-refractivity contribution < 1.29 is 0 Å². The number of rotatable bonds is 5. The molecule has 1 aliphatic heterocycles. The molecule has 6 heteroatoms. The molecule has 1 aliphatic rings. The molecule has 0 spiro atoms. The van der Waals surface area contributed by atoms with Gasteiger partial charge in [0.1, 0.15) is 18.0 Å². The van der Waals surface area contributed by atoms with Gasteiger partial charge in [-0.05, 0) is 13.5 Å². The van der Waals surface area contributed by atoms with Crippen molar-refractivity contribution in [2.75, 3.05) is 49.5 Å². The number of aromatic nitrogens is 2. The zero-order valence-corrected chi connectivity index (χ0v) is 11.8. The summed E-state index contributed by atoms with van der Waals surface area (Å²) < 4.78 is 0. The Kier molecular flexibility index (Phi) is 4.93. The highest BCUT2D eigenvalue weighted by atomic mass is 15.3. The number of likely N-dealkylation sites (N-methyl/N-ethyl adjacent to an activating group) is 1. The van der Waals surface area contributed by atoms with Crippen LogP contribution in [0.1, 0.15) is 13.8 Å². The maximum absolute atomic E-state index is 5.61. The normalized spacial score (nSPS) is 18.4. The molecule has 0 bridgehead atoms. The molecule has 2 heterocycles. The molecule has 6 nitrogen and oxygen atoms in total. The molecule has 2 rings (SSSR count). The van der Waals surface area contributed by atoms with Crippen LogP contribution in [0, 0.1) is 0 Å². The first-order chi connectivity index (χ1) is 9.22. The first kappa shape index (κ1) is 14.0. The fourth-order valence-corrected chi connectivity index (χ4v) is 2.20. The van der Waals surface area contributed by atoms with Crippen LogP contribution in [0.5, 0.6) is 0 Å². The number of nitrogens with two attached hydrogens (primary N) is 1. The quantitative estimate of drug-likeness (QED) is 0.801. The van der Waals surface area contributed by atoms with Crippen LogP contribution < -0.4 is 16.0 Å². The van der Waals surface area contributed by atoms with Gasteiger partial charge in [-0.3, -0.25) is 0 Å². The van der Waals surface area contributed by atoms with Gasteiger partial charge in [-0.2, -0.15) is 0 Å². The van der Waals surface area contributed by atoms with Crippen molar-refractivity contribution in [3.05, 3.63) is 12.4 Å². The Morgan fingerprint density at radius 3 is 2.68 bits per heavy atom. The van der Waals surface area contributed by atoms with E-state index in [9.17, 15) is 0 Å². The van der Waals surface area contributed by atoms with Crippen LogP contribution in [0.3, 0.4) is 0 Å². The zero-order chi connectivity index (χ0) is 13.7. The van der Waals surface area contributed by atoms with Crippen LogP contribution >= 0.6 is 0 Å². The molecule has 3 N–H and O–H groups in total. The second-order valence-corrected chi connectivity index (χ2v) is 4.96. The summed E-state index contributed by atoms with van der Waals surface area (Å²) in [6.45, 7) is 10.2. The van der Waals surface area contributed by atoms with Gasteiger partial charge in [-0.25, -0.2) is 9.97 Å². The standard InChI is InChI=1S/C13H24N6/c1-3-18-4-6-19(7-5-18)13-8-12(15-10-16-13)17-11(2)9-14/h8,10-11H,3-7,9,14H2,1-2H3,(H,15,16,17). The second-order valence-electron chi connectivity index (χ2n) is 4.96. The summed E-state index contributed by atoms with van der Waals surface area (Å²) in [7, 11) is 0. The number of piperazine rings is 1. The van der Waals surface area contributed by atoms with Gasteiger partial charge in [0, 0.05) is 44.8 Å².